The number of alkyl halides is 3. The molecule has 0 spiro atoms. The topological polar surface area (TPSA) is 107 Å². The van der Waals surface area contributed by atoms with E-state index in [9.17, 15) is 27.6 Å². The summed E-state index contributed by atoms with van der Waals surface area (Å²) in [5, 5.41) is 0.577. The Morgan fingerprint density at radius 1 is 1.14 bits per heavy atom. The normalized spacial score (nSPS) is 15.7. The molecule has 1 saturated heterocycles. The van der Waals surface area contributed by atoms with Gasteiger partial charge in [0.1, 0.15) is 13.2 Å². The van der Waals surface area contributed by atoms with Crippen molar-refractivity contribution >= 4 is 28.5 Å². The zero-order valence-corrected chi connectivity index (χ0v) is 19.7. The van der Waals surface area contributed by atoms with Crippen LogP contribution in [0.2, 0.25) is 0 Å². The number of fused-ring (bicyclic) bond motifs is 1. The summed E-state index contributed by atoms with van der Waals surface area (Å²) in [5.74, 6) is -0.620. The summed E-state index contributed by atoms with van der Waals surface area (Å²) in [5.41, 5.74) is -1.26. The van der Waals surface area contributed by atoms with Crippen molar-refractivity contribution in [2.75, 3.05) is 45.0 Å². The number of anilines is 1. The van der Waals surface area contributed by atoms with Crippen molar-refractivity contribution in [1.29, 1.82) is 0 Å². The molecule has 2 heterocycles. The Balaban J connectivity index is 1.49. The third-order valence-corrected chi connectivity index (χ3v) is 5.62. The number of rotatable bonds is 9. The van der Waals surface area contributed by atoms with Crippen LogP contribution in [0.1, 0.15) is 5.56 Å². The quantitative estimate of drug-likeness (QED) is 0.338. The highest BCUT2D eigenvalue weighted by molar-refractivity contribution is 5.94. The lowest BCUT2D eigenvalue weighted by Gasteiger charge is -2.15. The maximum absolute atomic E-state index is 13.4. The molecule has 1 aromatic heterocycles. The zero-order valence-electron chi connectivity index (χ0n) is 19.7. The Hall–Kier alpha value is -3.90. The summed E-state index contributed by atoms with van der Waals surface area (Å²) in [6, 6.07) is 11.0. The Kier molecular flexibility index (Phi) is 7.79. The zero-order chi connectivity index (χ0) is 26.6. The minimum atomic E-state index is -4.59. The molecule has 1 amide bonds. The highest BCUT2D eigenvalue weighted by Gasteiger charge is 2.35. The van der Waals surface area contributed by atoms with Gasteiger partial charge in [-0.15, -0.1) is 0 Å². The summed E-state index contributed by atoms with van der Waals surface area (Å²) in [6.45, 7) is 0.188. The van der Waals surface area contributed by atoms with Gasteiger partial charge < -0.3 is 23.9 Å². The Morgan fingerprint density at radius 2 is 1.92 bits per heavy atom. The smallest absolute Gasteiger partial charge is 0.417 e. The molecule has 0 saturated carbocycles. The fraction of sp³-hybridized carbons (Fsp3) is 0.320. The summed E-state index contributed by atoms with van der Waals surface area (Å²) < 4.78 is 60.5. The van der Waals surface area contributed by atoms with E-state index < -0.39 is 35.5 Å². The summed E-state index contributed by atoms with van der Waals surface area (Å²) >= 11 is 0. The van der Waals surface area contributed by atoms with E-state index in [2.05, 4.69) is 4.98 Å². The van der Waals surface area contributed by atoms with Gasteiger partial charge in [0.25, 0.3) is 5.56 Å². The van der Waals surface area contributed by atoms with E-state index in [0.717, 1.165) is 6.07 Å². The van der Waals surface area contributed by atoms with E-state index in [4.69, 9.17) is 18.9 Å². The van der Waals surface area contributed by atoms with Gasteiger partial charge in [-0.2, -0.15) is 13.2 Å². The first-order valence-corrected chi connectivity index (χ1v) is 11.2. The van der Waals surface area contributed by atoms with Crippen LogP contribution in [0.3, 0.4) is 0 Å². The van der Waals surface area contributed by atoms with Crippen molar-refractivity contribution in [1.82, 2.24) is 4.98 Å². The van der Waals surface area contributed by atoms with Gasteiger partial charge in [-0.1, -0.05) is 24.3 Å². The number of nitrogens with zero attached hydrogens (tertiary/aromatic N) is 1. The number of nitrogens with one attached hydrogen (secondary N) is 1. The van der Waals surface area contributed by atoms with Crippen molar-refractivity contribution in [3.8, 4) is 11.3 Å². The van der Waals surface area contributed by atoms with E-state index in [1.165, 1.54) is 48.4 Å². The molecule has 0 radical (unpaired) electrons. The van der Waals surface area contributed by atoms with Crippen LogP contribution in [-0.4, -0.2) is 63.2 Å². The first-order valence-electron chi connectivity index (χ1n) is 11.2. The van der Waals surface area contributed by atoms with Crippen LogP contribution in [0.4, 0.5) is 23.7 Å². The maximum Gasteiger partial charge on any atom is 0.417 e. The van der Waals surface area contributed by atoms with Crippen LogP contribution in [0.25, 0.3) is 22.0 Å². The lowest BCUT2D eigenvalue weighted by atomic mass is 10.0. The monoisotopic (exact) mass is 520 g/mol. The van der Waals surface area contributed by atoms with Gasteiger partial charge >= 0.3 is 18.2 Å². The van der Waals surface area contributed by atoms with Gasteiger partial charge in [0.15, 0.2) is 6.10 Å². The molecule has 3 aromatic rings. The lowest BCUT2D eigenvalue weighted by Crippen LogP contribution is -2.27. The van der Waals surface area contributed by atoms with Gasteiger partial charge in [-0.3, -0.25) is 9.69 Å². The molecular weight excluding hydrogens is 497 g/mol. The number of pyridine rings is 1. The standard InChI is InChI=1S/C25H23F3N2O7/c1-34-8-9-35-14-22(31)36-13-17-12-30(24(33)37-17)16-7-6-15-10-21(29-23(32)19(15)11-16)18-4-2-3-5-20(18)25(26,27)28/h2-7,10-11,17H,8-9,12-14H2,1H3,(H,29,32). The van der Waals surface area contributed by atoms with Crippen LogP contribution < -0.4 is 10.5 Å². The molecule has 12 heteroatoms. The Bertz CT molecular complexity index is 1360. The van der Waals surface area contributed by atoms with Crippen molar-refractivity contribution in [3.05, 3.63) is 64.4 Å². The number of ether oxygens (including phenoxy) is 4. The third kappa shape index (κ3) is 6.09. The number of halogens is 3. The lowest BCUT2D eigenvalue weighted by molar-refractivity contribution is -0.151. The summed E-state index contributed by atoms with van der Waals surface area (Å²) in [6.07, 6.45) is -6.01. The first kappa shape index (κ1) is 26.2. The molecule has 4 rings (SSSR count). The first-order chi connectivity index (χ1) is 17.7. The highest BCUT2D eigenvalue weighted by atomic mass is 19.4. The molecule has 2 aromatic carbocycles. The number of carbonyl (C=O) groups is 2. The second-order valence-electron chi connectivity index (χ2n) is 8.17. The predicted molar refractivity (Wildman–Crippen MR) is 126 cm³/mol. The molecule has 0 bridgehead atoms. The van der Waals surface area contributed by atoms with Crippen LogP contribution in [0, 0.1) is 0 Å². The number of aromatic amines is 1. The molecule has 1 aliphatic rings. The van der Waals surface area contributed by atoms with E-state index in [0.29, 0.717) is 17.7 Å². The molecule has 37 heavy (non-hydrogen) atoms. The fourth-order valence-electron chi connectivity index (χ4n) is 3.87. The van der Waals surface area contributed by atoms with Crippen molar-refractivity contribution < 1.29 is 41.7 Å². The van der Waals surface area contributed by atoms with E-state index in [-0.39, 0.29) is 43.0 Å². The number of hydrogen-bond acceptors (Lipinski definition) is 7. The van der Waals surface area contributed by atoms with Crippen LogP contribution >= 0.6 is 0 Å². The van der Waals surface area contributed by atoms with E-state index >= 15 is 0 Å². The van der Waals surface area contributed by atoms with Gasteiger partial charge in [0.2, 0.25) is 0 Å². The Labute approximate surface area is 208 Å². The van der Waals surface area contributed by atoms with E-state index in [1.54, 1.807) is 6.07 Å². The van der Waals surface area contributed by atoms with Crippen LogP contribution in [0.15, 0.2) is 53.3 Å². The summed E-state index contributed by atoms with van der Waals surface area (Å²) in [4.78, 5) is 40.7. The van der Waals surface area contributed by atoms with Gasteiger partial charge in [-0.25, -0.2) is 9.59 Å². The second-order valence-corrected chi connectivity index (χ2v) is 8.17. The molecule has 1 unspecified atom stereocenters. The number of benzene rings is 2. The van der Waals surface area contributed by atoms with Gasteiger partial charge in [-0.05, 0) is 29.7 Å². The number of hydrogen-bond donors (Lipinski definition) is 1. The SMILES string of the molecule is COCCOCC(=O)OCC1CN(c2ccc3cc(-c4ccccc4C(F)(F)F)[nH]c(=O)c3c2)C(=O)O1. The molecule has 1 atom stereocenters. The van der Waals surface area contributed by atoms with E-state index in [1.807, 2.05) is 0 Å². The molecule has 0 aliphatic carbocycles. The van der Waals surface area contributed by atoms with Crippen molar-refractivity contribution in [2.45, 2.75) is 12.3 Å². The average Bonchev–Trinajstić information content (AvgIpc) is 3.25. The largest absolute Gasteiger partial charge is 0.460 e. The molecular formula is C25H23F3N2O7. The summed E-state index contributed by atoms with van der Waals surface area (Å²) in [7, 11) is 1.50. The number of esters is 1. The highest BCUT2D eigenvalue weighted by Crippen LogP contribution is 2.36. The molecule has 196 valence electrons. The number of H-pyrrole nitrogens is 1. The fourth-order valence-corrected chi connectivity index (χ4v) is 3.87. The number of amides is 1. The number of carbonyl (C=O) groups excluding carboxylic acids is 2. The van der Waals surface area contributed by atoms with Gasteiger partial charge in [0.05, 0.1) is 25.3 Å². The van der Waals surface area contributed by atoms with Crippen LogP contribution in [0.5, 0.6) is 0 Å². The van der Waals surface area contributed by atoms with Crippen LogP contribution in [-0.2, 0) is 29.9 Å². The Morgan fingerprint density at radius 3 is 2.68 bits per heavy atom. The molecule has 9 nitrogen and oxygen atoms in total. The molecule has 1 fully saturated rings. The van der Waals surface area contributed by atoms with Crippen molar-refractivity contribution in [3.63, 3.8) is 0 Å². The predicted octanol–water partition coefficient (Wildman–Crippen LogP) is 3.75. The maximum atomic E-state index is 13.4. The van der Waals surface area contributed by atoms with Gasteiger partial charge in [0, 0.05) is 29.4 Å². The third-order valence-electron chi connectivity index (χ3n) is 5.62. The minimum absolute atomic E-state index is 0.0202. The minimum Gasteiger partial charge on any atom is -0.460 e. The second kappa shape index (κ2) is 11.0. The average molecular weight is 520 g/mol. The number of methoxy groups -OCH3 is 1. The van der Waals surface area contributed by atoms with Crippen molar-refractivity contribution in [2.24, 2.45) is 0 Å². The number of cyclic esters (lactones) is 1. The molecule has 1 aliphatic heterocycles. The number of aromatic nitrogens is 1. The molecule has 1 N–H and O–H groups in total.